The molecule has 0 unspecified atom stereocenters. The monoisotopic (exact) mass is 296 g/mol. The first-order valence-corrected chi connectivity index (χ1v) is 6.85. The van der Waals surface area contributed by atoms with E-state index in [1.807, 2.05) is 12.1 Å². The minimum Gasteiger partial charge on any atom is -0.492 e. The molecule has 1 aromatic rings. The summed E-state index contributed by atoms with van der Waals surface area (Å²) in [6.07, 6.45) is 2.43. The molecule has 1 heterocycles. The number of Topliss-reactive ketones (excluding diaryl/α,β-unsaturated/α-hetero) is 1. The molecule has 0 radical (unpaired) electrons. The highest BCUT2D eigenvalue weighted by atomic mass is 79.9. The number of hydrogen-bond acceptors (Lipinski definition) is 2. The number of hydrogen-bond donors (Lipinski definition) is 0. The molecule has 1 aromatic carbocycles. The van der Waals surface area contributed by atoms with Crippen molar-refractivity contribution < 1.29 is 9.53 Å². The van der Waals surface area contributed by atoms with Crippen LogP contribution in [0.15, 0.2) is 16.6 Å². The largest absolute Gasteiger partial charge is 0.492 e. The Labute approximate surface area is 110 Å². The molecule has 0 fully saturated rings. The van der Waals surface area contributed by atoms with Gasteiger partial charge in [-0.1, -0.05) is 29.8 Å². The molecule has 0 N–H and O–H groups in total. The molecule has 0 spiro atoms. The molecular weight excluding hydrogens is 280 g/mol. The summed E-state index contributed by atoms with van der Waals surface area (Å²) in [5.41, 5.74) is 1.89. The zero-order chi connectivity index (χ0) is 12.4. The molecule has 1 aliphatic heterocycles. The Kier molecular flexibility index (Phi) is 3.87. The Balaban J connectivity index is 2.23. The van der Waals surface area contributed by atoms with Crippen molar-refractivity contribution in [1.82, 2.24) is 0 Å². The summed E-state index contributed by atoms with van der Waals surface area (Å²) in [4.78, 5) is 12.2. The number of carbonyl (C=O) groups excluding carboxylic acids is 1. The maximum absolute atomic E-state index is 12.2. The summed E-state index contributed by atoms with van der Waals surface area (Å²) in [6, 6.07) is 3.92. The topological polar surface area (TPSA) is 26.3 Å². The van der Waals surface area contributed by atoms with E-state index >= 15 is 0 Å². The van der Waals surface area contributed by atoms with E-state index in [-0.39, 0.29) is 5.78 Å². The van der Waals surface area contributed by atoms with E-state index in [0.717, 1.165) is 34.2 Å². The summed E-state index contributed by atoms with van der Waals surface area (Å²) in [7, 11) is 0. The predicted octanol–water partition coefficient (Wildman–Crippen LogP) is 4.00. The van der Waals surface area contributed by atoms with Crippen LogP contribution < -0.4 is 4.74 Å². The first-order chi connectivity index (χ1) is 8.08. The molecule has 2 nitrogen and oxygen atoms in total. The summed E-state index contributed by atoms with van der Waals surface area (Å²) in [5.74, 6) is 1.56. The van der Waals surface area contributed by atoms with Crippen LogP contribution >= 0.6 is 15.9 Å². The number of halogens is 1. The third kappa shape index (κ3) is 2.89. The molecule has 0 bridgehead atoms. The zero-order valence-corrected chi connectivity index (χ0v) is 11.8. The Hall–Kier alpha value is -0.830. The van der Waals surface area contributed by atoms with Gasteiger partial charge in [-0.2, -0.15) is 0 Å². The van der Waals surface area contributed by atoms with Crippen LogP contribution in [0.5, 0.6) is 5.75 Å². The molecule has 1 aliphatic rings. The predicted molar refractivity (Wildman–Crippen MR) is 71.7 cm³/mol. The highest BCUT2D eigenvalue weighted by Crippen LogP contribution is 2.34. The summed E-state index contributed by atoms with van der Waals surface area (Å²) >= 11 is 3.46. The van der Waals surface area contributed by atoms with Crippen molar-refractivity contribution in [1.29, 1.82) is 0 Å². The fourth-order valence-electron chi connectivity index (χ4n) is 2.03. The van der Waals surface area contributed by atoms with E-state index in [1.165, 1.54) is 0 Å². The lowest BCUT2D eigenvalue weighted by Crippen LogP contribution is -2.04. The maximum Gasteiger partial charge on any atom is 0.166 e. The van der Waals surface area contributed by atoms with Crippen molar-refractivity contribution in [3.63, 3.8) is 0 Å². The Bertz CT molecular complexity index is 438. The number of benzene rings is 1. The minimum atomic E-state index is 0.193. The second-order valence-electron chi connectivity index (χ2n) is 4.90. The highest BCUT2D eigenvalue weighted by Gasteiger charge is 2.21. The van der Waals surface area contributed by atoms with Crippen LogP contribution in [0.1, 0.15) is 42.6 Å². The average Bonchev–Trinajstić information content (AvgIpc) is 2.72. The van der Waals surface area contributed by atoms with Crippen LogP contribution in [0, 0.1) is 5.92 Å². The quantitative estimate of drug-likeness (QED) is 0.785. The van der Waals surface area contributed by atoms with Gasteiger partial charge >= 0.3 is 0 Å². The van der Waals surface area contributed by atoms with E-state index in [9.17, 15) is 4.79 Å². The van der Waals surface area contributed by atoms with Gasteiger partial charge in [0, 0.05) is 17.3 Å². The van der Waals surface area contributed by atoms with Gasteiger partial charge in [0.2, 0.25) is 0 Å². The number of rotatable bonds is 4. The number of fused-ring (bicyclic) bond motifs is 1. The van der Waals surface area contributed by atoms with Crippen LogP contribution in [0.25, 0.3) is 0 Å². The van der Waals surface area contributed by atoms with Gasteiger partial charge in [0.05, 0.1) is 12.2 Å². The third-order valence-corrected chi connectivity index (χ3v) is 3.46. The van der Waals surface area contributed by atoms with Gasteiger partial charge < -0.3 is 4.74 Å². The lowest BCUT2D eigenvalue weighted by molar-refractivity contribution is 0.0972. The maximum atomic E-state index is 12.2. The molecule has 0 aliphatic carbocycles. The zero-order valence-electron chi connectivity index (χ0n) is 10.3. The van der Waals surface area contributed by atoms with Crippen LogP contribution in [-0.4, -0.2) is 12.4 Å². The summed E-state index contributed by atoms with van der Waals surface area (Å²) < 4.78 is 6.54. The number of ether oxygens (including phenoxy) is 1. The first-order valence-electron chi connectivity index (χ1n) is 6.06. The Morgan fingerprint density at radius 2 is 2.24 bits per heavy atom. The van der Waals surface area contributed by atoms with Crippen molar-refractivity contribution in [2.45, 2.75) is 33.1 Å². The van der Waals surface area contributed by atoms with Gasteiger partial charge in [-0.15, -0.1) is 0 Å². The first kappa shape index (κ1) is 12.6. The molecule has 0 saturated heterocycles. The molecule has 0 saturated carbocycles. The van der Waals surface area contributed by atoms with Gasteiger partial charge in [-0.3, -0.25) is 4.79 Å². The average molecular weight is 297 g/mol. The summed E-state index contributed by atoms with van der Waals surface area (Å²) in [6.45, 7) is 4.96. The van der Waals surface area contributed by atoms with Crippen LogP contribution in [0.2, 0.25) is 0 Å². The van der Waals surface area contributed by atoms with Gasteiger partial charge in [0.25, 0.3) is 0 Å². The molecule has 92 valence electrons. The van der Waals surface area contributed by atoms with Gasteiger partial charge in [0.15, 0.2) is 5.78 Å². The molecule has 2 rings (SSSR count). The van der Waals surface area contributed by atoms with E-state index < -0.39 is 0 Å². The molecule has 0 amide bonds. The minimum absolute atomic E-state index is 0.193. The van der Waals surface area contributed by atoms with Crippen LogP contribution in [0.4, 0.5) is 0 Å². The van der Waals surface area contributed by atoms with Crippen molar-refractivity contribution in [3.05, 3.63) is 27.7 Å². The molecule has 17 heavy (non-hydrogen) atoms. The smallest absolute Gasteiger partial charge is 0.166 e. The molecular formula is C14H17BrO2. The third-order valence-electron chi connectivity index (χ3n) is 3.00. The Morgan fingerprint density at radius 3 is 2.94 bits per heavy atom. The van der Waals surface area contributed by atoms with Crippen molar-refractivity contribution in [2.24, 2.45) is 5.92 Å². The van der Waals surface area contributed by atoms with Gasteiger partial charge in [0.1, 0.15) is 5.75 Å². The molecule has 3 heteroatoms. The number of ketones is 1. The van der Waals surface area contributed by atoms with Crippen molar-refractivity contribution in [3.8, 4) is 5.75 Å². The highest BCUT2D eigenvalue weighted by molar-refractivity contribution is 9.10. The van der Waals surface area contributed by atoms with Crippen LogP contribution in [0.3, 0.4) is 0 Å². The molecule has 0 atom stereocenters. The van der Waals surface area contributed by atoms with E-state index in [2.05, 4.69) is 29.8 Å². The lowest BCUT2D eigenvalue weighted by Gasteiger charge is -2.09. The van der Waals surface area contributed by atoms with Crippen LogP contribution in [-0.2, 0) is 6.42 Å². The normalized spacial score (nSPS) is 13.6. The van der Waals surface area contributed by atoms with Crippen molar-refractivity contribution in [2.75, 3.05) is 6.61 Å². The van der Waals surface area contributed by atoms with Crippen molar-refractivity contribution >= 4 is 21.7 Å². The van der Waals surface area contributed by atoms with E-state index in [1.54, 1.807) is 0 Å². The second-order valence-corrected chi connectivity index (χ2v) is 5.81. The number of carbonyl (C=O) groups is 1. The van der Waals surface area contributed by atoms with Gasteiger partial charge in [-0.25, -0.2) is 0 Å². The fraction of sp³-hybridized carbons (Fsp3) is 0.500. The SMILES string of the molecule is CC(C)CCC(=O)c1cc(Br)cc2c1OCC2. The van der Waals surface area contributed by atoms with Gasteiger partial charge in [-0.05, 0) is 30.0 Å². The standard InChI is InChI=1S/C14H17BrO2/c1-9(2)3-4-13(16)12-8-11(15)7-10-5-6-17-14(10)12/h7-9H,3-6H2,1-2H3. The second kappa shape index (κ2) is 5.21. The Morgan fingerprint density at radius 1 is 1.47 bits per heavy atom. The molecule has 0 aromatic heterocycles. The summed E-state index contributed by atoms with van der Waals surface area (Å²) in [5, 5.41) is 0. The van der Waals surface area contributed by atoms with E-state index in [4.69, 9.17) is 4.74 Å². The van der Waals surface area contributed by atoms with E-state index in [0.29, 0.717) is 18.9 Å². The lowest BCUT2D eigenvalue weighted by atomic mass is 9.99. The fourth-order valence-corrected chi connectivity index (χ4v) is 2.54.